The molecule has 0 saturated carbocycles. The fourth-order valence-corrected chi connectivity index (χ4v) is 5.15. The van der Waals surface area contributed by atoms with Crippen LogP contribution in [-0.4, -0.2) is 34.1 Å². The van der Waals surface area contributed by atoms with Crippen LogP contribution in [0.1, 0.15) is 21.5 Å². The minimum Gasteiger partial charge on any atom is -0.273 e. The average Bonchev–Trinajstić information content (AvgIpc) is 2.80. The Hall–Kier alpha value is -2.83. The van der Waals surface area contributed by atoms with E-state index < -0.39 is 31.8 Å². The number of carbonyl (C=O) groups excluding carboxylic acids is 1. The molecule has 0 heterocycles. The Bertz CT molecular complexity index is 1410. The molecule has 8 nitrogen and oxygen atoms in total. The van der Waals surface area contributed by atoms with Crippen LogP contribution in [0, 0.1) is 12.7 Å². The summed E-state index contributed by atoms with van der Waals surface area (Å²) >= 11 is 5.60. The summed E-state index contributed by atoms with van der Waals surface area (Å²) in [7, 11) is -6.42. The molecule has 0 radical (unpaired) electrons. The number of nitrogens with zero attached hydrogens (tertiary/aromatic N) is 1. The van der Waals surface area contributed by atoms with Gasteiger partial charge in [-0.15, -0.1) is 4.83 Å². The lowest BCUT2D eigenvalue weighted by molar-refractivity contribution is 0.0945. The van der Waals surface area contributed by atoms with Crippen LogP contribution >= 0.6 is 11.6 Å². The van der Waals surface area contributed by atoms with Crippen molar-refractivity contribution in [1.82, 2.24) is 14.6 Å². The fraction of sp³-hybridized carbons (Fsp3) is 0.136. The van der Waals surface area contributed by atoms with Crippen molar-refractivity contribution in [2.45, 2.75) is 23.3 Å². The predicted molar refractivity (Wildman–Crippen MR) is 125 cm³/mol. The second-order valence-corrected chi connectivity index (χ2v) is 11.5. The molecule has 0 aliphatic carbocycles. The number of hydrogen-bond acceptors (Lipinski definition) is 5. The molecule has 0 fully saturated rings. The van der Waals surface area contributed by atoms with Gasteiger partial charge in [0.05, 0.1) is 14.8 Å². The fourth-order valence-electron chi connectivity index (χ4n) is 2.88. The molecule has 0 aliphatic rings. The summed E-state index contributed by atoms with van der Waals surface area (Å²) in [6.07, 6.45) is 0. The van der Waals surface area contributed by atoms with Crippen LogP contribution in [0.5, 0.6) is 0 Å². The first-order chi connectivity index (χ1) is 15.9. The summed E-state index contributed by atoms with van der Waals surface area (Å²) in [5.41, 5.74) is 3.76. The number of carbonyl (C=O) groups is 1. The molecule has 0 aliphatic heterocycles. The third kappa shape index (κ3) is 5.99. The van der Waals surface area contributed by atoms with E-state index in [0.717, 1.165) is 23.8 Å². The predicted octanol–water partition coefficient (Wildman–Crippen LogP) is 3.23. The van der Waals surface area contributed by atoms with Gasteiger partial charge in [0.2, 0.25) is 10.0 Å². The zero-order chi connectivity index (χ0) is 25.1. The maximum absolute atomic E-state index is 13.2. The zero-order valence-corrected chi connectivity index (χ0v) is 20.5. The highest BCUT2D eigenvalue weighted by molar-refractivity contribution is 7.89. The van der Waals surface area contributed by atoms with E-state index in [1.807, 2.05) is 11.8 Å². The van der Waals surface area contributed by atoms with E-state index in [-0.39, 0.29) is 26.9 Å². The second-order valence-electron chi connectivity index (χ2n) is 7.41. The summed E-state index contributed by atoms with van der Waals surface area (Å²) in [5, 5.41) is -0.376. The lowest BCUT2D eigenvalue weighted by atomic mass is 10.1. The van der Waals surface area contributed by atoms with E-state index in [1.165, 1.54) is 35.6 Å². The minimum absolute atomic E-state index is 0.0655. The van der Waals surface area contributed by atoms with Gasteiger partial charge in [-0.25, -0.2) is 21.2 Å². The number of halogens is 2. The van der Waals surface area contributed by atoms with Crippen molar-refractivity contribution in [3.63, 3.8) is 0 Å². The third-order valence-corrected chi connectivity index (χ3v) is 8.20. The number of rotatable bonds is 8. The van der Waals surface area contributed by atoms with Gasteiger partial charge in [0.15, 0.2) is 0 Å². The Morgan fingerprint density at radius 3 is 2.12 bits per heavy atom. The molecule has 0 unspecified atom stereocenters. The standard InChI is InChI=1S/C22H21ClFN3O5S2/c1-15-3-9-18(10-4-15)34(31,32)27(2)14-16-5-7-17(8-6-16)22(28)25-26-33(29,30)19-11-12-21(24)20(23)13-19/h3-13,26H,14H2,1-2H3,(H,25,28). The molecule has 0 atom stereocenters. The summed E-state index contributed by atoms with van der Waals surface area (Å²) < 4.78 is 64.4. The van der Waals surface area contributed by atoms with Crippen molar-refractivity contribution in [1.29, 1.82) is 0 Å². The van der Waals surface area contributed by atoms with Gasteiger partial charge in [-0.1, -0.05) is 41.4 Å². The van der Waals surface area contributed by atoms with E-state index in [2.05, 4.69) is 5.43 Å². The quantitative estimate of drug-likeness (QED) is 0.438. The van der Waals surface area contributed by atoms with Crippen LogP contribution in [0.15, 0.2) is 76.5 Å². The van der Waals surface area contributed by atoms with Crippen LogP contribution in [0.2, 0.25) is 5.02 Å². The Labute approximate surface area is 202 Å². The smallest absolute Gasteiger partial charge is 0.266 e. The van der Waals surface area contributed by atoms with E-state index in [0.29, 0.717) is 5.56 Å². The zero-order valence-electron chi connectivity index (χ0n) is 18.1. The molecule has 3 aromatic rings. The van der Waals surface area contributed by atoms with E-state index in [9.17, 15) is 26.0 Å². The first-order valence-corrected chi connectivity index (χ1v) is 13.1. The first kappa shape index (κ1) is 25.8. The molecular weight excluding hydrogens is 505 g/mol. The number of aryl methyl sites for hydroxylation is 1. The SMILES string of the molecule is Cc1ccc(S(=O)(=O)N(C)Cc2ccc(C(=O)NNS(=O)(=O)c3ccc(F)c(Cl)c3)cc2)cc1. The van der Waals surface area contributed by atoms with Gasteiger partial charge >= 0.3 is 0 Å². The largest absolute Gasteiger partial charge is 0.273 e. The molecule has 3 rings (SSSR count). The van der Waals surface area contributed by atoms with Crippen LogP contribution < -0.4 is 10.3 Å². The highest BCUT2D eigenvalue weighted by Crippen LogP contribution is 2.20. The highest BCUT2D eigenvalue weighted by atomic mass is 35.5. The van der Waals surface area contributed by atoms with Crippen molar-refractivity contribution in [3.05, 3.63) is 94.3 Å². The topological polar surface area (TPSA) is 113 Å². The van der Waals surface area contributed by atoms with Crippen LogP contribution in [0.25, 0.3) is 0 Å². The van der Waals surface area contributed by atoms with E-state index in [1.54, 1.807) is 24.3 Å². The van der Waals surface area contributed by atoms with Gasteiger partial charge in [0, 0.05) is 19.2 Å². The molecular formula is C22H21ClFN3O5S2. The maximum Gasteiger partial charge on any atom is 0.266 e. The highest BCUT2D eigenvalue weighted by Gasteiger charge is 2.21. The molecule has 180 valence electrons. The van der Waals surface area contributed by atoms with Gasteiger partial charge in [-0.2, -0.15) is 4.31 Å². The second kappa shape index (κ2) is 10.2. The number of benzene rings is 3. The van der Waals surface area contributed by atoms with Gasteiger partial charge in [-0.05, 0) is 55.0 Å². The molecule has 1 amide bonds. The number of hydrogen-bond donors (Lipinski definition) is 2. The molecule has 34 heavy (non-hydrogen) atoms. The van der Waals surface area contributed by atoms with Crippen molar-refractivity contribution < 1.29 is 26.0 Å². The number of amides is 1. The van der Waals surface area contributed by atoms with Gasteiger partial charge in [0.25, 0.3) is 15.9 Å². The monoisotopic (exact) mass is 525 g/mol. The normalized spacial score (nSPS) is 12.0. The van der Waals surface area contributed by atoms with Crippen molar-refractivity contribution in [2.75, 3.05) is 7.05 Å². The average molecular weight is 526 g/mol. The lowest BCUT2D eigenvalue weighted by Gasteiger charge is -2.17. The summed E-state index contributed by atoms with van der Waals surface area (Å²) in [6.45, 7) is 1.93. The summed E-state index contributed by atoms with van der Waals surface area (Å²) in [6, 6.07) is 15.3. The summed E-state index contributed by atoms with van der Waals surface area (Å²) in [4.78, 5) is 14.1. The molecule has 0 saturated heterocycles. The van der Waals surface area contributed by atoms with E-state index >= 15 is 0 Å². The van der Waals surface area contributed by atoms with Crippen LogP contribution in [0.3, 0.4) is 0 Å². The van der Waals surface area contributed by atoms with Crippen LogP contribution in [0.4, 0.5) is 4.39 Å². The number of hydrazine groups is 1. The van der Waals surface area contributed by atoms with Gasteiger partial charge < -0.3 is 0 Å². The Morgan fingerprint density at radius 2 is 1.53 bits per heavy atom. The number of nitrogens with one attached hydrogen (secondary N) is 2. The Kier molecular flexibility index (Phi) is 7.74. The van der Waals surface area contributed by atoms with Crippen molar-refractivity contribution in [2.24, 2.45) is 0 Å². The Morgan fingerprint density at radius 1 is 0.941 bits per heavy atom. The molecule has 0 bridgehead atoms. The molecule has 0 spiro atoms. The van der Waals surface area contributed by atoms with Crippen molar-refractivity contribution in [3.8, 4) is 0 Å². The molecule has 12 heteroatoms. The van der Waals surface area contributed by atoms with Crippen molar-refractivity contribution >= 4 is 37.6 Å². The molecule has 3 aromatic carbocycles. The molecule has 2 N–H and O–H groups in total. The van der Waals surface area contributed by atoms with E-state index in [4.69, 9.17) is 11.6 Å². The van der Waals surface area contributed by atoms with Crippen LogP contribution in [-0.2, 0) is 26.6 Å². The van der Waals surface area contributed by atoms with Gasteiger partial charge in [-0.3, -0.25) is 10.2 Å². The molecule has 0 aromatic heterocycles. The lowest BCUT2D eigenvalue weighted by Crippen LogP contribution is -2.41. The third-order valence-electron chi connectivity index (χ3n) is 4.85. The number of sulfonamides is 2. The van der Waals surface area contributed by atoms with Gasteiger partial charge in [0.1, 0.15) is 5.82 Å². The maximum atomic E-state index is 13.2. The first-order valence-electron chi connectivity index (χ1n) is 9.79. The Balaban J connectivity index is 1.64. The minimum atomic E-state index is -4.18. The summed E-state index contributed by atoms with van der Waals surface area (Å²) in [5.74, 6) is -1.52.